The first-order valence-electron chi connectivity index (χ1n) is 10.8. The van der Waals surface area contributed by atoms with Crippen LogP contribution >= 0.6 is 0 Å². The predicted molar refractivity (Wildman–Crippen MR) is 104 cm³/mol. The first-order chi connectivity index (χ1) is 14.2. The van der Waals surface area contributed by atoms with E-state index in [1.807, 2.05) is 13.0 Å². The largest absolute Gasteiger partial charge is 0.510 e. The maximum Gasteiger partial charge on any atom is 0.510 e. The van der Waals surface area contributed by atoms with Gasteiger partial charge < -0.3 is 19.3 Å². The molecule has 5 rings (SSSR count). The molecule has 4 fully saturated rings. The van der Waals surface area contributed by atoms with Gasteiger partial charge in [-0.3, -0.25) is 4.79 Å². The number of hydrogen-bond donors (Lipinski definition) is 1. The summed E-state index contributed by atoms with van der Waals surface area (Å²) in [6, 6.07) is 0. The van der Waals surface area contributed by atoms with Crippen molar-refractivity contribution in [3.8, 4) is 0 Å². The van der Waals surface area contributed by atoms with Crippen LogP contribution in [0.3, 0.4) is 0 Å². The molecule has 0 radical (unpaired) electrons. The molecule has 0 bridgehead atoms. The highest BCUT2D eigenvalue weighted by Gasteiger charge is 2.74. The zero-order valence-electron chi connectivity index (χ0n) is 17.6. The fourth-order valence-electron chi connectivity index (χ4n) is 7.71. The van der Waals surface area contributed by atoms with Crippen LogP contribution in [0.4, 0.5) is 4.79 Å². The minimum atomic E-state index is -1.12. The summed E-state index contributed by atoms with van der Waals surface area (Å²) in [6.45, 7) is 4.14. The number of hydrogen-bond acceptors (Lipinski definition) is 7. The molecule has 3 saturated carbocycles. The number of methoxy groups -OCH3 is 1. The highest BCUT2D eigenvalue weighted by molar-refractivity contribution is 6.01. The highest BCUT2D eigenvalue weighted by atomic mass is 16.8. The molecule has 0 amide bonds. The standard InChI is InChI=1S/C23H28O7/c1-21-8-6-13(24)10-12(21)4-5-14-15-7-9-23(22(15,2)11-16(25)17(14)21)18(19(26)28-3)29-20(27)30-23/h6,8,10,14-18,25H,4-5,7,9,11H2,1-3H3/t14-,15-,16?,17+,18+,21-,22-,23-/m0/s1. The predicted octanol–water partition coefficient (Wildman–Crippen LogP) is 2.71. The number of allylic oxidation sites excluding steroid dienone is 4. The SMILES string of the molecule is COC(=O)[C@H]1OC(=O)O[C@@]12CC[C@H]1[C@@H]3CCC4=CC(=O)C=C[C@]4(C)[C@H]3C(O)C[C@@]12C. The van der Waals surface area contributed by atoms with E-state index in [0.717, 1.165) is 24.8 Å². The van der Waals surface area contributed by atoms with Crippen molar-refractivity contribution in [3.05, 3.63) is 23.8 Å². The van der Waals surface area contributed by atoms with Crippen LogP contribution in [0.15, 0.2) is 23.8 Å². The van der Waals surface area contributed by atoms with E-state index in [-0.39, 0.29) is 29.0 Å². The van der Waals surface area contributed by atoms with Crippen molar-refractivity contribution in [3.63, 3.8) is 0 Å². The number of ether oxygens (including phenoxy) is 3. The third kappa shape index (κ3) is 2.27. The second-order valence-corrected chi connectivity index (χ2v) is 10.0. The molecule has 1 spiro atoms. The maximum absolute atomic E-state index is 12.5. The molecule has 162 valence electrons. The molecule has 7 heteroatoms. The number of fused-ring (bicyclic) bond motifs is 6. The van der Waals surface area contributed by atoms with Crippen molar-refractivity contribution in [1.29, 1.82) is 0 Å². The van der Waals surface area contributed by atoms with Crippen LogP contribution in [0.5, 0.6) is 0 Å². The molecule has 1 N–H and O–H groups in total. The number of esters is 1. The molecular formula is C23H28O7. The van der Waals surface area contributed by atoms with Gasteiger partial charge in [0.15, 0.2) is 11.4 Å². The number of carbonyl (C=O) groups is 3. The van der Waals surface area contributed by atoms with E-state index in [1.165, 1.54) is 7.11 Å². The van der Waals surface area contributed by atoms with Gasteiger partial charge in [0.1, 0.15) is 0 Å². The van der Waals surface area contributed by atoms with Gasteiger partial charge in [0, 0.05) is 16.7 Å². The first-order valence-corrected chi connectivity index (χ1v) is 10.8. The normalized spacial score (nSPS) is 48.9. The smallest absolute Gasteiger partial charge is 0.466 e. The van der Waals surface area contributed by atoms with Gasteiger partial charge in [-0.25, -0.2) is 9.59 Å². The number of rotatable bonds is 1. The Bertz CT molecular complexity index is 890. The van der Waals surface area contributed by atoms with E-state index in [4.69, 9.17) is 14.2 Å². The van der Waals surface area contributed by atoms with Crippen molar-refractivity contribution in [2.75, 3.05) is 7.11 Å². The number of ketones is 1. The number of cyclic esters (lactones) is 1. The maximum atomic E-state index is 12.5. The molecule has 1 aliphatic heterocycles. The lowest BCUT2D eigenvalue weighted by Gasteiger charge is -2.59. The van der Waals surface area contributed by atoms with E-state index >= 15 is 0 Å². The van der Waals surface area contributed by atoms with Crippen LogP contribution < -0.4 is 0 Å². The second kappa shape index (κ2) is 6.19. The summed E-state index contributed by atoms with van der Waals surface area (Å²) in [5.41, 5.74) is -0.999. The molecule has 4 aliphatic carbocycles. The average Bonchev–Trinajstić information content (AvgIpc) is 3.18. The molecule has 1 unspecified atom stereocenters. The van der Waals surface area contributed by atoms with Crippen LogP contribution in [0, 0.1) is 28.6 Å². The zero-order chi connectivity index (χ0) is 21.5. The molecular weight excluding hydrogens is 388 g/mol. The Morgan fingerprint density at radius 1 is 1.27 bits per heavy atom. The summed E-state index contributed by atoms with van der Waals surface area (Å²) in [6.07, 6.45) is 6.03. The summed E-state index contributed by atoms with van der Waals surface area (Å²) >= 11 is 0. The Balaban J connectivity index is 1.56. The quantitative estimate of drug-likeness (QED) is 0.656. The van der Waals surface area contributed by atoms with E-state index in [1.54, 1.807) is 12.2 Å². The van der Waals surface area contributed by atoms with E-state index in [2.05, 4.69) is 6.92 Å². The highest BCUT2D eigenvalue weighted by Crippen LogP contribution is 2.69. The lowest BCUT2D eigenvalue weighted by Crippen LogP contribution is -2.62. The summed E-state index contributed by atoms with van der Waals surface area (Å²) in [5, 5.41) is 11.4. The van der Waals surface area contributed by atoms with Gasteiger partial charge in [-0.1, -0.05) is 25.5 Å². The Morgan fingerprint density at radius 2 is 2.03 bits per heavy atom. The summed E-state index contributed by atoms with van der Waals surface area (Å²) in [7, 11) is 1.27. The average molecular weight is 416 g/mol. The third-order valence-corrected chi connectivity index (χ3v) is 9.00. The van der Waals surface area contributed by atoms with Crippen molar-refractivity contribution in [1.82, 2.24) is 0 Å². The first kappa shape index (κ1) is 19.8. The van der Waals surface area contributed by atoms with Crippen molar-refractivity contribution in [2.24, 2.45) is 28.6 Å². The van der Waals surface area contributed by atoms with Gasteiger partial charge in [0.25, 0.3) is 0 Å². The Morgan fingerprint density at radius 3 is 2.77 bits per heavy atom. The Labute approximate surface area is 175 Å². The molecule has 0 aromatic rings. The van der Waals surface area contributed by atoms with Gasteiger partial charge in [-0.15, -0.1) is 0 Å². The van der Waals surface area contributed by atoms with Crippen LogP contribution in [0.2, 0.25) is 0 Å². The van der Waals surface area contributed by atoms with Gasteiger partial charge in [-0.2, -0.15) is 0 Å². The van der Waals surface area contributed by atoms with Gasteiger partial charge in [-0.05, 0) is 56.1 Å². The number of carbonyl (C=O) groups excluding carboxylic acids is 3. The Hall–Kier alpha value is -2.15. The summed E-state index contributed by atoms with van der Waals surface area (Å²) in [5.74, 6) is -0.280. The lowest BCUT2D eigenvalue weighted by atomic mass is 9.46. The van der Waals surface area contributed by atoms with Crippen molar-refractivity contribution < 1.29 is 33.7 Å². The van der Waals surface area contributed by atoms with E-state index in [0.29, 0.717) is 12.8 Å². The zero-order valence-corrected chi connectivity index (χ0v) is 17.6. The topological polar surface area (TPSA) is 99.1 Å². The monoisotopic (exact) mass is 416 g/mol. The fourth-order valence-corrected chi connectivity index (χ4v) is 7.71. The van der Waals surface area contributed by atoms with E-state index in [9.17, 15) is 19.5 Å². The van der Waals surface area contributed by atoms with Gasteiger partial charge in [0.2, 0.25) is 6.10 Å². The van der Waals surface area contributed by atoms with Gasteiger partial charge >= 0.3 is 12.1 Å². The van der Waals surface area contributed by atoms with Crippen molar-refractivity contribution in [2.45, 2.75) is 63.8 Å². The third-order valence-electron chi connectivity index (χ3n) is 9.00. The minimum absolute atomic E-state index is 0.00631. The Kier molecular flexibility index (Phi) is 4.08. The summed E-state index contributed by atoms with van der Waals surface area (Å²) in [4.78, 5) is 36.5. The minimum Gasteiger partial charge on any atom is -0.466 e. The van der Waals surface area contributed by atoms with Crippen molar-refractivity contribution >= 4 is 17.9 Å². The molecule has 30 heavy (non-hydrogen) atoms. The molecule has 8 atom stereocenters. The summed E-state index contributed by atoms with van der Waals surface area (Å²) < 4.78 is 15.9. The molecule has 0 aromatic carbocycles. The molecule has 5 aliphatic rings. The lowest BCUT2D eigenvalue weighted by molar-refractivity contribution is -0.180. The molecule has 0 aromatic heterocycles. The van der Waals surface area contributed by atoms with Crippen LogP contribution in [0.1, 0.15) is 46.0 Å². The fraction of sp³-hybridized carbons (Fsp3) is 0.696. The molecule has 7 nitrogen and oxygen atoms in total. The second-order valence-electron chi connectivity index (χ2n) is 10.0. The van der Waals surface area contributed by atoms with Crippen LogP contribution in [-0.2, 0) is 23.8 Å². The number of aliphatic hydroxyl groups excluding tert-OH is 1. The van der Waals surface area contributed by atoms with E-state index < -0.39 is 35.3 Å². The van der Waals surface area contributed by atoms with Crippen LogP contribution in [0.25, 0.3) is 0 Å². The van der Waals surface area contributed by atoms with Crippen LogP contribution in [-0.4, -0.2) is 47.9 Å². The molecule has 1 heterocycles. The molecule has 1 saturated heterocycles. The van der Waals surface area contributed by atoms with Gasteiger partial charge in [0.05, 0.1) is 13.2 Å². The number of aliphatic hydroxyl groups is 1.